The number of carbonyl (C=O) groups excluding carboxylic acids is 1. The fourth-order valence-electron chi connectivity index (χ4n) is 2.73. The molecule has 7 nitrogen and oxygen atoms in total. The minimum absolute atomic E-state index is 0.0109. The van der Waals surface area contributed by atoms with E-state index in [4.69, 9.17) is 16.0 Å². The van der Waals surface area contributed by atoms with E-state index < -0.39 is 21.6 Å². The van der Waals surface area contributed by atoms with Crippen molar-refractivity contribution in [2.75, 3.05) is 11.6 Å². The van der Waals surface area contributed by atoms with Gasteiger partial charge in [-0.05, 0) is 72.4 Å². The highest BCUT2D eigenvalue weighted by molar-refractivity contribution is 7.99. The van der Waals surface area contributed by atoms with Crippen molar-refractivity contribution in [3.05, 3.63) is 83.4 Å². The summed E-state index contributed by atoms with van der Waals surface area (Å²) in [5, 5.41) is 3.83. The number of benzene rings is 2. The molecule has 0 aliphatic rings. The van der Waals surface area contributed by atoms with Crippen molar-refractivity contribution in [3.63, 3.8) is 0 Å². The molecule has 0 unspecified atom stereocenters. The number of nitrogens with one attached hydrogen (secondary N) is 1. The highest BCUT2D eigenvalue weighted by Gasteiger charge is 2.23. The number of anilines is 1. The molecule has 1 N–H and O–H groups in total. The van der Waals surface area contributed by atoms with Gasteiger partial charge in [-0.2, -0.15) is 0 Å². The van der Waals surface area contributed by atoms with Crippen LogP contribution in [0.1, 0.15) is 10.5 Å². The minimum Gasteiger partial charge on any atom is -0.429 e. The van der Waals surface area contributed by atoms with E-state index in [2.05, 4.69) is 15.3 Å². The molecule has 0 aliphatic carbocycles. The summed E-state index contributed by atoms with van der Waals surface area (Å²) in [6.07, 6.45) is 2.56. The third kappa shape index (κ3) is 5.59. The molecule has 0 fully saturated rings. The second kappa shape index (κ2) is 9.34. The van der Waals surface area contributed by atoms with E-state index in [9.17, 15) is 17.6 Å². The zero-order chi connectivity index (χ0) is 23.6. The van der Waals surface area contributed by atoms with E-state index in [0.717, 1.165) is 18.0 Å². The van der Waals surface area contributed by atoms with Gasteiger partial charge in [0.2, 0.25) is 11.0 Å². The van der Waals surface area contributed by atoms with E-state index in [0.29, 0.717) is 21.3 Å². The summed E-state index contributed by atoms with van der Waals surface area (Å²) in [6, 6.07) is 14.5. The molecule has 0 atom stereocenters. The summed E-state index contributed by atoms with van der Waals surface area (Å²) >= 11 is 6.96. The monoisotopic (exact) mass is 503 g/mol. The number of aromatic nitrogens is 2. The molecule has 0 aliphatic heterocycles. The number of sulfone groups is 1. The topological polar surface area (TPSA) is 102 Å². The summed E-state index contributed by atoms with van der Waals surface area (Å²) < 4.78 is 42.4. The second-order valence-corrected chi connectivity index (χ2v) is 10.3. The van der Waals surface area contributed by atoms with Gasteiger partial charge in [0.25, 0.3) is 5.91 Å². The first kappa shape index (κ1) is 23.0. The average Bonchev–Trinajstić information content (AvgIpc) is 3.19. The zero-order valence-electron chi connectivity index (χ0n) is 17.0. The van der Waals surface area contributed by atoms with Crippen LogP contribution in [0.4, 0.5) is 10.1 Å². The first-order chi connectivity index (χ1) is 15.7. The van der Waals surface area contributed by atoms with Gasteiger partial charge in [0.05, 0.1) is 9.92 Å². The van der Waals surface area contributed by atoms with Crippen molar-refractivity contribution in [1.82, 2.24) is 9.97 Å². The van der Waals surface area contributed by atoms with Crippen LogP contribution in [0, 0.1) is 5.82 Å². The highest BCUT2D eigenvalue weighted by Crippen LogP contribution is 2.34. The smallest absolute Gasteiger partial charge is 0.278 e. The molecule has 2 heterocycles. The van der Waals surface area contributed by atoms with E-state index in [-0.39, 0.29) is 21.6 Å². The van der Waals surface area contributed by atoms with Crippen molar-refractivity contribution < 1.29 is 22.0 Å². The maximum atomic E-state index is 13.3. The third-order valence-corrected chi connectivity index (χ3v) is 6.60. The van der Waals surface area contributed by atoms with Gasteiger partial charge >= 0.3 is 0 Å². The fraction of sp³-hybridized carbons (Fsp3) is 0.0455. The summed E-state index contributed by atoms with van der Waals surface area (Å²) in [5.41, 5.74) is 0.849. The van der Waals surface area contributed by atoms with Gasteiger partial charge in [-0.25, -0.2) is 22.8 Å². The minimum atomic E-state index is -3.36. The first-order valence-corrected chi connectivity index (χ1v) is 12.5. The van der Waals surface area contributed by atoms with Crippen LogP contribution >= 0.6 is 23.4 Å². The van der Waals surface area contributed by atoms with Crippen LogP contribution < -0.4 is 5.32 Å². The number of carbonyl (C=O) groups is 1. The summed E-state index contributed by atoms with van der Waals surface area (Å²) in [4.78, 5) is 21.6. The van der Waals surface area contributed by atoms with E-state index >= 15 is 0 Å². The normalized spacial score (nSPS) is 11.4. The summed E-state index contributed by atoms with van der Waals surface area (Å²) in [5.74, 6) is -0.861. The Balaban J connectivity index is 1.66. The Bertz CT molecular complexity index is 1410. The SMILES string of the molecule is CS(=O)(=O)c1ccc(NC(=O)c2nc(-c3ccc(F)cc3)oc2Sc2ccc(Cl)cn2)cc1. The molecule has 0 bridgehead atoms. The summed E-state index contributed by atoms with van der Waals surface area (Å²) in [6.45, 7) is 0. The molecule has 33 heavy (non-hydrogen) atoms. The molecule has 0 radical (unpaired) electrons. The molecule has 0 saturated carbocycles. The summed E-state index contributed by atoms with van der Waals surface area (Å²) in [7, 11) is -3.36. The number of rotatable bonds is 6. The van der Waals surface area contributed by atoms with Crippen molar-refractivity contribution in [2.24, 2.45) is 0 Å². The molecule has 11 heteroatoms. The van der Waals surface area contributed by atoms with Crippen LogP contribution in [-0.4, -0.2) is 30.5 Å². The Morgan fingerprint density at radius 1 is 1.06 bits per heavy atom. The fourth-order valence-corrected chi connectivity index (χ4v) is 4.26. The molecule has 2 aromatic carbocycles. The maximum absolute atomic E-state index is 13.3. The molecule has 0 saturated heterocycles. The maximum Gasteiger partial charge on any atom is 0.278 e. The van der Waals surface area contributed by atoms with Gasteiger partial charge in [-0.3, -0.25) is 4.79 Å². The van der Waals surface area contributed by atoms with Crippen molar-refractivity contribution in [1.29, 1.82) is 0 Å². The Morgan fingerprint density at radius 3 is 2.36 bits per heavy atom. The van der Waals surface area contributed by atoms with E-state index in [1.807, 2.05) is 0 Å². The Hall–Kier alpha value is -3.21. The van der Waals surface area contributed by atoms with Gasteiger partial charge in [0.15, 0.2) is 15.5 Å². The Labute approximate surface area is 197 Å². The van der Waals surface area contributed by atoms with Gasteiger partial charge < -0.3 is 9.73 Å². The van der Waals surface area contributed by atoms with Gasteiger partial charge in [0.1, 0.15) is 10.8 Å². The largest absolute Gasteiger partial charge is 0.429 e. The quantitative estimate of drug-likeness (QED) is 0.379. The number of hydrogen-bond donors (Lipinski definition) is 1. The van der Waals surface area contributed by atoms with Gasteiger partial charge in [-0.1, -0.05) is 11.6 Å². The molecular weight excluding hydrogens is 489 g/mol. The standard InChI is InChI=1S/C22H15ClFN3O4S2/c1-33(29,30)17-9-7-16(8-10-17)26-20(28)19-22(32-18-11-4-14(23)12-25-18)31-21(27-19)13-2-5-15(24)6-3-13/h2-12H,1H3,(H,26,28). The lowest BCUT2D eigenvalue weighted by atomic mass is 10.2. The number of amides is 1. The predicted molar refractivity (Wildman–Crippen MR) is 123 cm³/mol. The Kier molecular flexibility index (Phi) is 6.50. The molecule has 168 valence electrons. The van der Waals surface area contributed by atoms with Crippen molar-refractivity contribution >= 4 is 44.8 Å². The van der Waals surface area contributed by atoms with Gasteiger partial charge in [0, 0.05) is 23.7 Å². The molecule has 4 rings (SSSR count). The molecular formula is C22H15ClFN3O4S2. The molecule has 1 amide bonds. The number of oxazole rings is 1. The number of pyridine rings is 1. The highest BCUT2D eigenvalue weighted by atomic mass is 35.5. The second-order valence-electron chi connectivity index (χ2n) is 6.83. The number of halogens is 2. The number of hydrogen-bond acceptors (Lipinski definition) is 7. The zero-order valence-corrected chi connectivity index (χ0v) is 19.3. The van der Waals surface area contributed by atoms with Crippen molar-refractivity contribution in [2.45, 2.75) is 15.0 Å². The predicted octanol–water partition coefficient (Wildman–Crippen LogP) is 5.34. The lowest BCUT2D eigenvalue weighted by Crippen LogP contribution is -2.13. The Morgan fingerprint density at radius 2 is 1.76 bits per heavy atom. The first-order valence-electron chi connectivity index (χ1n) is 9.37. The van der Waals surface area contributed by atoms with Crippen molar-refractivity contribution in [3.8, 4) is 11.5 Å². The third-order valence-electron chi connectivity index (χ3n) is 4.34. The molecule has 0 spiro atoms. The van der Waals surface area contributed by atoms with Crippen LogP contribution in [0.3, 0.4) is 0 Å². The van der Waals surface area contributed by atoms with E-state index in [1.54, 1.807) is 12.1 Å². The van der Waals surface area contributed by atoms with Crippen LogP contribution in [-0.2, 0) is 9.84 Å². The van der Waals surface area contributed by atoms with Crippen LogP contribution in [0.5, 0.6) is 0 Å². The average molecular weight is 504 g/mol. The lowest BCUT2D eigenvalue weighted by Gasteiger charge is -2.05. The van der Waals surface area contributed by atoms with Crippen LogP contribution in [0.25, 0.3) is 11.5 Å². The molecule has 4 aromatic rings. The van der Waals surface area contributed by atoms with Gasteiger partial charge in [-0.15, -0.1) is 0 Å². The van der Waals surface area contributed by atoms with Crippen LogP contribution in [0.2, 0.25) is 5.02 Å². The van der Waals surface area contributed by atoms with E-state index in [1.165, 1.54) is 54.7 Å². The van der Waals surface area contributed by atoms with Crippen LogP contribution in [0.15, 0.2) is 86.3 Å². The lowest BCUT2D eigenvalue weighted by molar-refractivity contribution is 0.101. The molecule has 2 aromatic heterocycles. The number of nitrogens with zero attached hydrogens (tertiary/aromatic N) is 2.